The normalized spacial score (nSPS) is 12.3. The van der Waals surface area contributed by atoms with Gasteiger partial charge in [0.1, 0.15) is 11.5 Å². The maximum atomic E-state index is 11.0. The number of phenols is 1. The molecule has 4 aromatic carbocycles. The molecular weight excluding hydrogens is 552 g/mol. The Bertz CT molecular complexity index is 1380. The van der Waals surface area contributed by atoms with Gasteiger partial charge in [-0.1, -0.05) is 78.3 Å². The zero-order chi connectivity index (χ0) is 30.6. The van der Waals surface area contributed by atoms with Crippen LogP contribution in [0.2, 0.25) is 5.02 Å². The molecule has 0 spiro atoms. The number of nitrogens with zero attached hydrogens (tertiary/aromatic N) is 1. The minimum Gasteiger partial charge on any atom is -0.508 e. The summed E-state index contributed by atoms with van der Waals surface area (Å²) in [6.07, 6.45) is 2.66. The van der Waals surface area contributed by atoms with E-state index >= 15 is 0 Å². The van der Waals surface area contributed by atoms with E-state index in [1.165, 1.54) is 22.3 Å². The lowest BCUT2D eigenvalue weighted by molar-refractivity contribution is 0.170. The molecule has 5 heteroatoms. The van der Waals surface area contributed by atoms with Gasteiger partial charge in [0.2, 0.25) is 0 Å². The third-order valence-electron chi connectivity index (χ3n) is 8.06. The van der Waals surface area contributed by atoms with Crippen LogP contribution >= 0.6 is 11.6 Å². The van der Waals surface area contributed by atoms with E-state index in [-0.39, 0.29) is 5.92 Å². The van der Waals surface area contributed by atoms with Crippen molar-refractivity contribution in [2.75, 3.05) is 19.7 Å². The summed E-state index contributed by atoms with van der Waals surface area (Å²) in [7, 11) is 0. The van der Waals surface area contributed by atoms with Crippen molar-refractivity contribution in [2.45, 2.75) is 71.5 Å². The SMILES string of the molecule is CC(C)N(CC[C@H](c1ccccc1)c1cc(CCOc2ccc(CCNCc3cccc(Cl)c3)cc2)ccc1O)C(C)C. The van der Waals surface area contributed by atoms with E-state index in [2.05, 4.69) is 105 Å². The molecule has 0 saturated heterocycles. The van der Waals surface area contributed by atoms with Gasteiger partial charge in [0, 0.05) is 41.6 Å². The number of rotatable bonds is 16. The van der Waals surface area contributed by atoms with E-state index in [9.17, 15) is 5.11 Å². The fourth-order valence-electron chi connectivity index (χ4n) is 5.77. The van der Waals surface area contributed by atoms with Gasteiger partial charge < -0.3 is 15.2 Å². The van der Waals surface area contributed by atoms with Crippen LogP contribution in [0.3, 0.4) is 0 Å². The Labute approximate surface area is 263 Å². The molecule has 228 valence electrons. The van der Waals surface area contributed by atoms with Gasteiger partial charge in [-0.05, 0) is 106 Å². The van der Waals surface area contributed by atoms with Gasteiger partial charge in [-0.2, -0.15) is 0 Å². The van der Waals surface area contributed by atoms with Gasteiger partial charge in [-0.15, -0.1) is 0 Å². The number of nitrogens with one attached hydrogen (secondary N) is 1. The average molecular weight is 599 g/mol. The Balaban J connectivity index is 1.32. The van der Waals surface area contributed by atoms with E-state index in [1.54, 1.807) is 0 Å². The van der Waals surface area contributed by atoms with Crippen molar-refractivity contribution in [1.29, 1.82) is 0 Å². The summed E-state index contributed by atoms with van der Waals surface area (Å²) in [4.78, 5) is 2.52. The molecule has 4 rings (SSSR count). The molecule has 0 aromatic heterocycles. The van der Waals surface area contributed by atoms with E-state index in [1.807, 2.05) is 30.3 Å². The summed E-state index contributed by atoms with van der Waals surface area (Å²) in [5.74, 6) is 1.35. The maximum absolute atomic E-state index is 11.0. The summed E-state index contributed by atoms with van der Waals surface area (Å²) in [6.45, 7) is 12.3. The van der Waals surface area contributed by atoms with Gasteiger partial charge in [0.05, 0.1) is 6.61 Å². The van der Waals surface area contributed by atoms with Crippen molar-refractivity contribution in [1.82, 2.24) is 10.2 Å². The second-order valence-corrected chi connectivity index (χ2v) is 12.3. The van der Waals surface area contributed by atoms with Crippen molar-refractivity contribution >= 4 is 11.6 Å². The van der Waals surface area contributed by atoms with Crippen LogP contribution in [0.4, 0.5) is 0 Å². The molecule has 4 nitrogen and oxygen atoms in total. The Kier molecular flexibility index (Phi) is 12.5. The number of phenolic OH excluding ortho intramolecular Hbond substituents is 1. The van der Waals surface area contributed by atoms with E-state index in [4.69, 9.17) is 16.3 Å². The summed E-state index contributed by atoms with van der Waals surface area (Å²) in [6, 6.07) is 33.9. The number of benzene rings is 4. The van der Waals surface area contributed by atoms with Crippen molar-refractivity contribution in [2.24, 2.45) is 0 Å². The third kappa shape index (κ3) is 10.1. The van der Waals surface area contributed by atoms with Gasteiger partial charge in [0.15, 0.2) is 0 Å². The smallest absolute Gasteiger partial charge is 0.119 e. The molecule has 0 radical (unpaired) electrons. The summed E-state index contributed by atoms with van der Waals surface area (Å²) < 4.78 is 6.11. The van der Waals surface area contributed by atoms with Crippen LogP contribution in [0.5, 0.6) is 11.5 Å². The van der Waals surface area contributed by atoms with Crippen molar-refractivity contribution in [3.05, 3.63) is 130 Å². The monoisotopic (exact) mass is 598 g/mol. The molecule has 2 N–H and O–H groups in total. The number of halogens is 1. The number of hydrogen-bond acceptors (Lipinski definition) is 4. The van der Waals surface area contributed by atoms with Crippen LogP contribution in [0.25, 0.3) is 0 Å². The van der Waals surface area contributed by atoms with Gasteiger partial charge in [0.25, 0.3) is 0 Å². The first-order chi connectivity index (χ1) is 20.8. The zero-order valence-electron chi connectivity index (χ0n) is 26.1. The molecule has 0 aliphatic rings. The van der Waals surface area contributed by atoms with E-state index in [0.717, 1.165) is 55.2 Å². The lowest BCUT2D eigenvalue weighted by atomic mass is 9.86. The van der Waals surface area contributed by atoms with E-state index in [0.29, 0.717) is 24.4 Å². The summed E-state index contributed by atoms with van der Waals surface area (Å²) in [5, 5.41) is 15.2. The van der Waals surface area contributed by atoms with Crippen molar-refractivity contribution in [3.8, 4) is 11.5 Å². The molecule has 0 bridgehead atoms. The molecule has 0 unspecified atom stereocenters. The highest BCUT2D eigenvalue weighted by molar-refractivity contribution is 6.30. The van der Waals surface area contributed by atoms with Crippen LogP contribution in [0.15, 0.2) is 97.1 Å². The predicted molar refractivity (Wildman–Crippen MR) is 180 cm³/mol. The van der Waals surface area contributed by atoms with Gasteiger partial charge in [-0.3, -0.25) is 4.90 Å². The first-order valence-corrected chi connectivity index (χ1v) is 16.0. The molecule has 0 heterocycles. The van der Waals surface area contributed by atoms with Crippen LogP contribution in [0.1, 0.15) is 67.9 Å². The van der Waals surface area contributed by atoms with Crippen molar-refractivity contribution in [3.63, 3.8) is 0 Å². The van der Waals surface area contributed by atoms with Crippen LogP contribution in [0, 0.1) is 0 Å². The largest absolute Gasteiger partial charge is 0.508 e. The molecule has 0 amide bonds. The molecule has 0 fully saturated rings. The highest BCUT2D eigenvalue weighted by atomic mass is 35.5. The first-order valence-electron chi connectivity index (χ1n) is 15.6. The molecule has 0 saturated carbocycles. The van der Waals surface area contributed by atoms with Gasteiger partial charge in [-0.25, -0.2) is 0 Å². The molecule has 43 heavy (non-hydrogen) atoms. The highest BCUT2D eigenvalue weighted by Crippen LogP contribution is 2.35. The second-order valence-electron chi connectivity index (χ2n) is 11.9. The molecule has 0 aliphatic heterocycles. The minimum atomic E-state index is 0.120. The standard InChI is InChI=1S/C38H47ClN2O2/c1-28(2)41(29(3)4)23-20-36(33-10-6-5-7-11-33)37-26-31(15-18-38(37)42)21-24-43-35-16-13-30(14-17-35)19-22-40-27-32-9-8-12-34(39)25-32/h5-18,25-26,28-29,36,40,42H,19-24,27H2,1-4H3/t36-/m1/s1. The van der Waals surface area contributed by atoms with Crippen LogP contribution in [-0.2, 0) is 19.4 Å². The molecule has 1 atom stereocenters. The van der Waals surface area contributed by atoms with Gasteiger partial charge >= 0.3 is 0 Å². The second kappa shape index (κ2) is 16.5. The summed E-state index contributed by atoms with van der Waals surface area (Å²) >= 11 is 6.07. The first kappa shape index (κ1) is 32.6. The predicted octanol–water partition coefficient (Wildman–Crippen LogP) is 8.64. The Morgan fingerprint density at radius 3 is 2.19 bits per heavy atom. The number of ether oxygens (including phenoxy) is 1. The minimum absolute atomic E-state index is 0.120. The topological polar surface area (TPSA) is 44.7 Å². The lowest BCUT2D eigenvalue weighted by Crippen LogP contribution is -2.38. The van der Waals surface area contributed by atoms with E-state index < -0.39 is 0 Å². The Morgan fingerprint density at radius 2 is 1.49 bits per heavy atom. The van der Waals surface area contributed by atoms with Crippen LogP contribution in [-0.4, -0.2) is 41.8 Å². The zero-order valence-corrected chi connectivity index (χ0v) is 26.9. The highest BCUT2D eigenvalue weighted by Gasteiger charge is 2.21. The maximum Gasteiger partial charge on any atom is 0.119 e. The third-order valence-corrected chi connectivity index (χ3v) is 8.30. The quantitative estimate of drug-likeness (QED) is 0.127. The number of hydrogen-bond donors (Lipinski definition) is 2. The lowest BCUT2D eigenvalue weighted by Gasteiger charge is -2.32. The molecular formula is C38H47ClN2O2. The summed E-state index contributed by atoms with van der Waals surface area (Å²) in [5.41, 5.74) is 5.86. The molecule has 0 aliphatic carbocycles. The molecule has 4 aromatic rings. The fourth-order valence-corrected chi connectivity index (χ4v) is 5.98. The Morgan fingerprint density at radius 1 is 0.767 bits per heavy atom. The fraction of sp³-hybridized carbons (Fsp3) is 0.368. The number of aromatic hydroxyl groups is 1. The van der Waals surface area contributed by atoms with Crippen molar-refractivity contribution < 1.29 is 9.84 Å². The average Bonchev–Trinajstić information content (AvgIpc) is 2.99. The Hall–Kier alpha value is -3.31. The van der Waals surface area contributed by atoms with Crippen LogP contribution < -0.4 is 10.1 Å².